The third kappa shape index (κ3) is 2.28. The molecule has 1 amide bonds. The maximum atomic E-state index is 11.6. The van der Waals surface area contributed by atoms with Crippen molar-refractivity contribution >= 4 is 34.2 Å². The molecule has 7 heteroatoms. The largest absolute Gasteiger partial charge is 0.377 e. The molecule has 1 fully saturated rings. The molecule has 1 aliphatic heterocycles. The Labute approximate surface area is 120 Å². The minimum absolute atomic E-state index is 0.147. The number of hydrogen-bond donors (Lipinski definition) is 1. The smallest absolute Gasteiger partial charge is 0.242 e. The number of halogens is 1. The molecule has 1 aliphatic rings. The van der Waals surface area contributed by atoms with E-state index in [1.165, 1.54) is 0 Å². The lowest BCUT2D eigenvalue weighted by Gasteiger charge is -2.34. The summed E-state index contributed by atoms with van der Waals surface area (Å²) in [6.07, 6.45) is 0. The maximum Gasteiger partial charge on any atom is 0.242 e. The highest BCUT2D eigenvalue weighted by molar-refractivity contribution is 6.28. The van der Waals surface area contributed by atoms with Crippen molar-refractivity contribution in [1.29, 1.82) is 0 Å². The summed E-state index contributed by atoms with van der Waals surface area (Å²) in [6, 6.07) is 6.97. The van der Waals surface area contributed by atoms with Crippen LogP contribution in [0, 0.1) is 0 Å². The Bertz CT molecular complexity index is 664. The van der Waals surface area contributed by atoms with Crippen molar-refractivity contribution in [3.05, 3.63) is 29.5 Å². The van der Waals surface area contributed by atoms with E-state index >= 15 is 0 Å². The number of morpholine rings is 1. The molecule has 1 aromatic carbocycles. The molecule has 1 unspecified atom stereocenters. The third-order valence-electron chi connectivity index (χ3n) is 3.28. The van der Waals surface area contributed by atoms with Crippen LogP contribution < -0.4 is 10.6 Å². The summed E-state index contributed by atoms with van der Waals surface area (Å²) in [4.78, 5) is 21.9. The van der Waals surface area contributed by atoms with E-state index < -0.39 is 11.9 Å². The zero-order valence-corrected chi connectivity index (χ0v) is 11.4. The zero-order valence-electron chi connectivity index (χ0n) is 10.6. The molecule has 0 aliphatic carbocycles. The first kappa shape index (κ1) is 13.1. The van der Waals surface area contributed by atoms with Gasteiger partial charge in [-0.2, -0.15) is 4.98 Å². The Morgan fingerprint density at radius 2 is 2.20 bits per heavy atom. The summed E-state index contributed by atoms with van der Waals surface area (Å²) in [5.41, 5.74) is 6.17. The first-order chi connectivity index (χ1) is 9.66. The third-order valence-corrected chi connectivity index (χ3v) is 3.45. The monoisotopic (exact) mass is 292 g/mol. The number of rotatable bonds is 2. The van der Waals surface area contributed by atoms with E-state index in [1.807, 2.05) is 29.2 Å². The lowest BCUT2D eigenvalue weighted by Crippen LogP contribution is -2.53. The minimum Gasteiger partial charge on any atom is -0.377 e. The Hall–Kier alpha value is -1.92. The highest BCUT2D eigenvalue weighted by atomic mass is 35.5. The fraction of sp³-hybridized carbons (Fsp3) is 0.308. The van der Waals surface area contributed by atoms with Crippen LogP contribution in [0.3, 0.4) is 0 Å². The van der Waals surface area contributed by atoms with Gasteiger partial charge in [0.15, 0.2) is 0 Å². The lowest BCUT2D eigenvalue weighted by atomic mass is 10.1. The van der Waals surface area contributed by atoms with Crippen LogP contribution in [0.25, 0.3) is 10.9 Å². The van der Waals surface area contributed by atoms with Crippen molar-refractivity contribution < 1.29 is 9.53 Å². The van der Waals surface area contributed by atoms with Crippen molar-refractivity contribution in [2.75, 3.05) is 24.7 Å². The predicted octanol–water partition coefficient (Wildman–Crippen LogP) is 0.974. The normalized spacial score (nSPS) is 19.2. The van der Waals surface area contributed by atoms with Gasteiger partial charge in [-0.3, -0.25) is 4.79 Å². The fourth-order valence-corrected chi connectivity index (χ4v) is 2.52. The molecule has 1 saturated heterocycles. The molecule has 2 heterocycles. The van der Waals surface area contributed by atoms with Gasteiger partial charge in [0.05, 0.1) is 18.7 Å². The van der Waals surface area contributed by atoms with Gasteiger partial charge in [0.1, 0.15) is 11.9 Å². The number of nitrogens with zero attached hydrogens (tertiary/aromatic N) is 3. The highest BCUT2D eigenvalue weighted by Gasteiger charge is 2.30. The number of nitrogens with two attached hydrogens (primary N) is 1. The van der Waals surface area contributed by atoms with Crippen molar-refractivity contribution in [2.45, 2.75) is 6.04 Å². The van der Waals surface area contributed by atoms with Crippen LogP contribution in [0.5, 0.6) is 0 Å². The van der Waals surface area contributed by atoms with Gasteiger partial charge in [-0.15, -0.1) is 0 Å². The first-order valence-corrected chi connectivity index (χ1v) is 6.60. The van der Waals surface area contributed by atoms with Gasteiger partial charge in [-0.25, -0.2) is 4.98 Å². The summed E-state index contributed by atoms with van der Waals surface area (Å²) in [7, 11) is 0. The number of anilines is 1. The molecule has 20 heavy (non-hydrogen) atoms. The zero-order chi connectivity index (χ0) is 14.1. The summed E-state index contributed by atoms with van der Waals surface area (Å²) < 4.78 is 5.32. The molecule has 0 spiro atoms. The highest BCUT2D eigenvalue weighted by Crippen LogP contribution is 2.27. The number of benzene rings is 1. The number of carbonyl (C=O) groups excluding carboxylic acids is 1. The van der Waals surface area contributed by atoms with E-state index in [-0.39, 0.29) is 11.9 Å². The molecular weight excluding hydrogens is 280 g/mol. The van der Waals surface area contributed by atoms with Crippen molar-refractivity contribution in [3.63, 3.8) is 0 Å². The Kier molecular flexibility index (Phi) is 3.42. The van der Waals surface area contributed by atoms with Gasteiger partial charge in [-0.05, 0) is 23.7 Å². The van der Waals surface area contributed by atoms with Crippen LogP contribution in [-0.4, -0.2) is 41.7 Å². The molecule has 0 radical (unpaired) electrons. The summed E-state index contributed by atoms with van der Waals surface area (Å²) >= 11 is 5.97. The number of ether oxygens (including phenoxy) is 1. The number of amides is 1. The molecular formula is C13H13ClN4O2. The van der Waals surface area contributed by atoms with Crippen LogP contribution in [0.2, 0.25) is 5.28 Å². The van der Waals surface area contributed by atoms with E-state index in [9.17, 15) is 4.79 Å². The van der Waals surface area contributed by atoms with E-state index in [0.29, 0.717) is 19.0 Å². The van der Waals surface area contributed by atoms with E-state index in [2.05, 4.69) is 9.97 Å². The predicted molar refractivity (Wildman–Crippen MR) is 75.7 cm³/mol. The van der Waals surface area contributed by atoms with Gasteiger partial charge < -0.3 is 15.4 Å². The van der Waals surface area contributed by atoms with Crippen LogP contribution in [0.4, 0.5) is 5.82 Å². The van der Waals surface area contributed by atoms with E-state index in [4.69, 9.17) is 22.1 Å². The summed E-state index contributed by atoms with van der Waals surface area (Å²) in [5, 5.41) is 0.985. The average molecular weight is 293 g/mol. The van der Waals surface area contributed by atoms with Crippen LogP contribution >= 0.6 is 11.6 Å². The molecule has 1 aromatic heterocycles. The SMILES string of the molecule is NC(=O)C1COCCN1c1nc(Cl)nc2ccccc12. The number of para-hydroxylation sites is 1. The topological polar surface area (TPSA) is 81.3 Å². The lowest BCUT2D eigenvalue weighted by molar-refractivity contribution is -0.121. The Morgan fingerprint density at radius 3 is 3.00 bits per heavy atom. The van der Waals surface area contributed by atoms with Crippen LogP contribution in [-0.2, 0) is 9.53 Å². The van der Waals surface area contributed by atoms with Crippen molar-refractivity contribution in [1.82, 2.24) is 9.97 Å². The fourth-order valence-electron chi connectivity index (χ4n) is 2.34. The molecule has 104 valence electrons. The van der Waals surface area contributed by atoms with Crippen molar-refractivity contribution in [3.8, 4) is 0 Å². The number of fused-ring (bicyclic) bond motifs is 1. The Balaban J connectivity index is 2.14. The van der Waals surface area contributed by atoms with Gasteiger partial charge in [-0.1, -0.05) is 12.1 Å². The Morgan fingerprint density at radius 1 is 1.40 bits per heavy atom. The van der Waals surface area contributed by atoms with E-state index in [1.54, 1.807) is 0 Å². The number of hydrogen-bond acceptors (Lipinski definition) is 5. The molecule has 2 N–H and O–H groups in total. The number of carbonyl (C=O) groups is 1. The number of aromatic nitrogens is 2. The quantitative estimate of drug-likeness (QED) is 0.834. The van der Waals surface area contributed by atoms with Gasteiger partial charge in [0.25, 0.3) is 0 Å². The van der Waals surface area contributed by atoms with Crippen LogP contribution in [0.15, 0.2) is 24.3 Å². The average Bonchev–Trinajstić information content (AvgIpc) is 2.46. The standard InChI is InChI=1S/C13H13ClN4O2/c14-13-16-9-4-2-1-3-8(9)12(17-13)18-5-6-20-7-10(18)11(15)19/h1-4,10H,5-7H2,(H2,15,19). The van der Waals surface area contributed by atoms with E-state index in [0.717, 1.165) is 10.9 Å². The maximum absolute atomic E-state index is 11.6. The molecule has 6 nitrogen and oxygen atoms in total. The second kappa shape index (κ2) is 5.22. The summed E-state index contributed by atoms with van der Waals surface area (Å²) in [6.45, 7) is 1.30. The molecule has 3 rings (SSSR count). The molecule has 0 bridgehead atoms. The van der Waals surface area contributed by atoms with Gasteiger partial charge in [0.2, 0.25) is 11.2 Å². The molecule has 2 aromatic rings. The first-order valence-electron chi connectivity index (χ1n) is 6.23. The van der Waals surface area contributed by atoms with Crippen LogP contribution in [0.1, 0.15) is 0 Å². The van der Waals surface area contributed by atoms with Crippen molar-refractivity contribution in [2.24, 2.45) is 5.73 Å². The van der Waals surface area contributed by atoms with Gasteiger partial charge in [0, 0.05) is 11.9 Å². The minimum atomic E-state index is -0.543. The second-order valence-corrected chi connectivity index (χ2v) is 4.86. The molecule has 0 saturated carbocycles. The second-order valence-electron chi connectivity index (χ2n) is 4.52. The molecule has 1 atom stereocenters. The van der Waals surface area contributed by atoms with Gasteiger partial charge >= 0.3 is 0 Å². The summed E-state index contributed by atoms with van der Waals surface area (Å²) in [5.74, 6) is 0.177. The number of primary amides is 1.